The number of phenolic OH excluding ortho intramolecular Hbond substituents is 2. The molecule has 3 nitrogen and oxygen atoms in total. The van der Waals surface area contributed by atoms with Gasteiger partial charge in [0, 0.05) is 17.5 Å². The summed E-state index contributed by atoms with van der Waals surface area (Å²) < 4.78 is 0. The average molecular weight is 307 g/mol. The first-order chi connectivity index (χ1) is 11.0. The van der Waals surface area contributed by atoms with E-state index in [1.807, 2.05) is 36.4 Å². The van der Waals surface area contributed by atoms with Crippen molar-refractivity contribution in [3.8, 4) is 17.2 Å². The molecule has 0 aromatic heterocycles. The Bertz CT molecular complexity index is 677. The van der Waals surface area contributed by atoms with Gasteiger partial charge in [-0.25, -0.2) is 0 Å². The van der Waals surface area contributed by atoms with Crippen LogP contribution in [-0.2, 0) is 5.41 Å². The second kappa shape index (κ2) is 5.69. The van der Waals surface area contributed by atoms with Crippen LogP contribution in [0.1, 0.15) is 23.6 Å². The van der Waals surface area contributed by atoms with Gasteiger partial charge in [-0.05, 0) is 60.0 Å². The third-order valence-corrected chi connectivity index (χ3v) is 4.35. The largest absolute Gasteiger partial charge is 0.593 e. The second-order valence-corrected chi connectivity index (χ2v) is 5.80. The molecule has 0 heterocycles. The molecule has 0 amide bonds. The Labute approximate surface area is 135 Å². The summed E-state index contributed by atoms with van der Waals surface area (Å²) in [5.74, 6) is 0.916. The molecule has 3 aromatic rings. The monoisotopic (exact) mass is 307 g/mol. The van der Waals surface area contributed by atoms with Crippen molar-refractivity contribution in [3.05, 3.63) is 89.5 Å². The molecule has 0 saturated carbocycles. The van der Waals surface area contributed by atoms with Gasteiger partial charge in [-0.3, -0.25) is 0 Å². The quantitative estimate of drug-likeness (QED) is 0.569. The highest BCUT2D eigenvalue weighted by Crippen LogP contribution is 2.40. The van der Waals surface area contributed by atoms with Gasteiger partial charge in [0.1, 0.15) is 11.5 Å². The van der Waals surface area contributed by atoms with E-state index in [1.165, 1.54) is 0 Å². The molecule has 4 N–H and O–H groups in total. The normalized spacial score (nSPS) is 11.3. The van der Waals surface area contributed by atoms with Crippen LogP contribution in [0.4, 0.5) is 0 Å². The van der Waals surface area contributed by atoms with E-state index in [0.717, 1.165) is 16.7 Å². The van der Waals surface area contributed by atoms with Crippen molar-refractivity contribution in [2.75, 3.05) is 0 Å². The lowest BCUT2D eigenvalue weighted by atomic mass is 9.71. The minimum absolute atomic E-state index is 0.225. The molecular formula is C20H19O3+. The van der Waals surface area contributed by atoms with E-state index in [2.05, 4.69) is 6.92 Å². The molecule has 0 aliphatic rings. The minimum atomic E-state index is -0.449. The van der Waals surface area contributed by atoms with Crippen LogP contribution in [0.15, 0.2) is 72.8 Å². The van der Waals surface area contributed by atoms with E-state index in [0.29, 0.717) is 5.75 Å². The summed E-state index contributed by atoms with van der Waals surface area (Å²) in [5.41, 5.74) is 2.65. The van der Waals surface area contributed by atoms with Crippen LogP contribution >= 0.6 is 0 Å². The Morgan fingerprint density at radius 2 is 0.913 bits per heavy atom. The summed E-state index contributed by atoms with van der Waals surface area (Å²) in [6.45, 7) is 2.10. The van der Waals surface area contributed by atoms with Gasteiger partial charge in [-0.15, -0.1) is 0 Å². The summed E-state index contributed by atoms with van der Waals surface area (Å²) in [6, 6.07) is 21.7. The van der Waals surface area contributed by atoms with E-state index in [-0.39, 0.29) is 11.5 Å². The van der Waals surface area contributed by atoms with Crippen molar-refractivity contribution in [3.63, 3.8) is 0 Å². The molecule has 0 saturated heterocycles. The molecule has 0 spiro atoms. The van der Waals surface area contributed by atoms with E-state index in [1.54, 1.807) is 36.4 Å². The van der Waals surface area contributed by atoms with Crippen molar-refractivity contribution < 1.29 is 15.3 Å². The molecule has 0 aliphatic carbocycles. The van der Waals surface area contributed by atoms with Gasteiger partial charge >= 0.3 is 0 Å². The zero-order chi connectivity index (χ0) is 16.4. The first-order valence-corrected chi connectivity index (χ1v) is 7.41. The van der Waals surface area contributed by atoms with Crippen LogP contribution in [0.5, 0.6) is 17.2 Å². The lowest BCUT2D eigenvalue weighted by Gasteiger charge is -2.32. The van der Waals surface area contributed by atoms with Gasteiger partial charge in [0.25, 0.3) is 5.75 Å². The number of aromatic hydroxyl groups is 2. The fourth-order valence-electron chi connectivity index (χ4n) is 2.89. The van der Waals surface area contributed by atoms with Crippen molar-refractivity contribution in [2.45, 2.75) is 12.3 Å². The lowest BCUT2D eigenvalue weighted by Crippen LogP contribution is -2.25. The molecule has 0 fully saturated rings. The maximum absolute atomic E-state index is 9.58. The third-order valence-electron chi connectivity index (χ3n) is 4.35. The van der Waals surface area contributed by atoms with Gasteiger partial charge in [-0.2, -0.15) is 0 Å². The Morgan fingerprint density at radius 1 is 0.609 bits per heavy atom. The first kappa shape index (κ1) is 15.0. The highest BCUT2D eigenvalue weighted by Gasteiger charge is 2.31. The molecule has 0 bridgehead atoms. The van der Waals surface area contributed by atoms with Gasteiger partial charge in [0.2, 0.25) is 0 Å². The standard InChI is InChI=1S/C20H18O3/c1-20(14-2-8-17(21)9-3-14,15-4-10-18(22)11-5-15)16-6-12-19(23)13-7-16/h2-13,21-23H,1H3/p+1. The van der Waals surface area contributed by atoms with E-state index >= 15 is 0 Å². The molecule has 23 heavy (non-hydrogen) atoms. The summed E-state index contributed by atoms with van der Waals surface area (Å²) in [4.78, 5) is 0. The maximum atomic E-state index is 9.58. The number of hydrogen-bond acceptors (Lipinski definition) is 2. The van der Waals surface area contributed by atoms with Gasteiger partial charge in [-0.1, -0.05) is 24.3 Å². The summed E-state index contributed by atoms with van der Waals surface area (Å²) >= 11 is 0. The summed E-state index contributed by atoms with van der Waals surface area (Å²) in [5, 5.41) is 26.9. The van der Waals surface area contributed by atoms with Crippen LogP contribution in [0, 0.1) is 0 Å². The predicted molar refractivity (Wildman–Crippen MR) is 91.3 cm³/mol. The SMILES string of the molecule is CC(c1ccc(O)cc1)(c1ccc(O)cc1)c1ccc([OH2+])cc1. The molecule has 0 atom stereocenters. The zero-order valence-electron chi connectivity index (χ0n) is 12.8. The number of hydrogen-bond donors (Lipinski definition) is 2. The highest BCUT2D eigenvalue weighted by atomic mass is 16.3. The number of rotatable bonds is 3. The fraction of sp³-hybridized carbons (Fsp3) is 0.100. The van der Waals surface area contributed by atoms with Gasteiger partial charge in [0.05, 0.1) is 0 Å². The average Bonchev–Trinajstić information content (AvgIpc) is 2.56. The van der Waals surface area contributed by atoms with Gasteiger partial charge < -0.3 is 15.3 Å². The van der Waals surface area contributed by atoms with Crippen LogP contribution < -0.4 is 0 Å². The molecule has 0 unspecified atom stereocenters. The number of benzene rings is 3. The van der Waals surface area contributed by atoms with Crippen LogP contribution in [0.2, 0.25) is 0 Å². The summed E-state index contributed by atoms with van der Waals surface area (Å²) in [6.07, 6.45) is 0. The summed E-state index contributed by atoms with van der Waals surface area (Å²) in [7, 11) is 0. The van der Waals surface area contributed by atoms with Crippen LogP contribution in [0.25, 0.3) is 0 Å². The molecule has 3 rings (SSSR count). The number of phenols is 2. The minimum Gasteiger partial charge on any atom is -0.593 e. The van der Waals surface area contributed by atoms with E-state index < -0.39 is 5.41 Å². The fourth-order valence-corrected chi connectivity index (χ4v) is 2.89. The molecule has 0 aliphatic heterocycles. The van der Waals surface area contributed by atoms with Crippen molar-refractivity contribution >= 4 is 0 Å². The maximum Gasteiger partial charge on any atom is 0.253 e. The van der Waals surface area contributed by atoms with Crippen molar-refractivity contribution in [1.29, 1.82) is 0 Å². The molecule has 3 aromatic carbocycles. The third kappa shape index (κ3) is 2.73. The smallest absolute Gasteiger partial charge is 0.253 e. The topological polar surface area (TPSA) is 63.4 Å². The molecular weight excluding hydrogens is 288 g/mol. The van der Waals surface area contributed by atoms with Crippen LogP contribution in [0.3, 0.4) is 0 Å². The Hall–Kier alpha value is -2.94. The Balaban J connectivity index is 2.21. The second-order valence-electron chi connectivity index (χ2n) is 5.80. The predicted octanol–water partition coefficient (Wildman–Crippen LogP) is 3.89. The van der Waals surface area contributed by atoms with Crippen molar-refractivity contribution in [1.82, 2.24) is 0 Å². The Kier molecular flexibility index (Phi) is 3.70. The van der Waals surface area contributed by atoms with Crippen molar-refractivity contribution in [2.24, 2.45) is 0 Å². The Morgan fingerprint density at radius 3 is 1.26 bits per heavy atom. The molecule has 116 valence electrons. The van der Waals surface area contributed by atoms with Gasteiger partial charge in [0.15, 0.2) is 0 Å². The van der Waals surface area contributed by atoms with Crippen LogP contribution in [-0.4, -0.2) is 15.3 Å². The lowest BCUT2D eigenvalue weighted by molar-refractivity contribution is 0.474. The molecule has 0 radical (unpaired) electrons. The zero-order valence-corrected chi connectivity index (χ0v) is 12.8. The first-order valence-electron chi connectivity index (χ1n) is 7.41. The van der Waals surface area contributed by atoms with E-state index in [4.69, 9.17) is 5.11 Å². The highest BCUT2D eigenvalue weighted by molar-refractivity contribution is 5.51. The molecule has 3 heteroatoms. The van der Waals surface area contributed by atoms with E-state index in [9.17, 15) is 10.2 Å².